The number of aromatic amines is 1. The van der Waals surface area contributed by atoms with E-state index in [0.717, 1.165) is 0 Å². The van der Waals surface area contributed by atoms with Crippen molar-refractivity contribution in [2.24, 2.45) is 0 Å². The molecule has 0 fully saturated rings. The van der Waals surface area contributed by atoms with Crippen molar-refractivity contribution in [1.29, 1.82) is 0 Å². The van der Waals surface area contributed by atoms with Crippen molar-refractivity contribution < 1.29 is 0 Å². The molecular formula is C14H24IN. The van der Waals surface area contributed by atoms with Crippen molar-refractivity contribution >= 4 is 22.6 Å². The summed E-state index contributed by atoms with van der Waals surface area (Å²) in [6, 6.07) is 4.45. The Labute approximate surface area is 114 Å². The van der Waals surface area contributed by atoms with Crippen LogP contribution in [0.1, 0.15) is 65.0 Å². The van der Waals surface area contributed by atoms with E-state index in [9.17, 15) is 0 Å². The second-order valence-corrected chi connectivity index (χ2v) is 6.15. The number of halogens is 1. The van der Waals surface area contributed by atoms with Crippen LogP contribution >= 0.6 is 22.6 Å². The Balaban J connectivity index is 2.71. The fourth-order valence-electron chi connectivity index (χ4n) is 2.43. The van der Waals surface area contributed by atoms with Gasteiger partial charge in [0.2, 0.25) is 0 Å². The Morgan fingerprint density at radius 3 is 2.38 bits per heavy atom. The van der Waals surface area contributed by atoms with Crippen LogP contribution in [0.4, 0.5) is 0 Å². The lowest BCUT2D eigenvalue weighted by Gasteiger charge is -2.28. The third-order valence-corrected chi connectivity index (χ3v) is 4.06. The van der Waals surface area contributed by atoms with Crippen LogP contribution in [0.15, 0.2) is 12.1 Å². The number of H-pyrrole nitrogens is 1. The molecule has 0 aliphatic carbocycles. The van der Waals surface area contributed by atoms with E-state index in [2.05, 4.69) is 60.5 Å². The van der Waals surface area contributed by atoms with Crippen LogP contribution in [0, 0.1) is 3.70 Å². The summed E-state index contributed by atoms with van der Waals surface area (Å²) in [6.07, 6.45) is 7.88. The molecule has 0 saturated carbocycles. The number of unbranched alkanes of at least 4 members (excludes halogenated alkanes) is 2. The highest BCUT2D eigenvalue weighted by molar-refractivity contribution is 14.1. The van der Waals surface area contributed by atoms with Crippen molar-refractivity contribution in [2.45, 2.75) is 64.7 Å². The molecule has 1 unspecified atom stereocenters. The average Bonchev–Trinajstić information content (AvgIpc) is 2.66. The molecule has 0 amide bonds. The van der Waals surface area contributed by atoms with Gasteiger partial charge in [0.1, 0.15) is 0 Å². The van der Waals surface area contributed by atoms with E-state index in [0.29, 0.717) is 5.41 Å². The minimum absolute atomic E-state index is 0.355. The molecule has 92 valence electrons. The Bertz CT molecular complexity index is 305. The molecule has 1 atom stereocenters. The maximum atomic E-state index is 3.52. The van der Waals surface area contributed by atoms with Gasteiger partial charge in [-0.3, -0.25) is 0 Å². The van der Waals surface area contributed by atoms with E-state index in [1.165, 1.54) is 47.9 Å². The molecule has 0 saturated heterocycles. The van der Waals surface area contributed by atoms with Gasteiger partial charge in [0.05, 0.1) is 3.70 Å². The summed E-state index contributed by atoms with van der Waals surface area (Å²) < 4.78 is 1.26. The Morgan fingerprint density at radius 2 is 1.88 bits per heavy atom. The molecule has 0 bridgehead atoms. The van der Waals surface area contributed by atoms with Gasteiger partial charge in [-0.15, -0.1) is 0 Å². The third-order valence-electron chi connectivity index (χ3n) is 3.43. The predicted molar refractivity (Wildman–Crippen MR) is 79.9 cm³/mol. The van der Waals surface area contributed by atoms with Crippen LogP contribution in [-0.4, -0.2) is 4.98 Å². The molecule has 1 N–H and O–H groups in total. The highest BCUT2D eigenvalue weighted by Gasteiger charge is 2.26. The molecule has 0 aromatic carbocycles. The van der Waals surface area contributed by atoms with Crippen molar-refractivity contribution in [3.8, 4) is 0 Å². The zero-order valence-corrected chi connectivity index (χ0v) is 12.9. The minimum atomic E-state index is 0.355. The third kappa shape index (κ3) is 3.79. The number of rotatable bonds is 7. The van der Waals surface area contributed by atoms with Gasteiger partial charge in [-0.05, 0) is 47.6 Å². The molecule has 0 radical (unpaired) electrons. The molecule has 16 heavy (non-hydrogen) atoms. The van der Waals surface area contributed by atoms with Gasteiger partial charge in [-0.25, -0.2) is 0 Å². The maximum Gasteiger partial charge on any atom is 0.0774 e. The van der Waals surface area contributed by atoms with Crippen LogP contribution in [0.2, 0.25) is 0 Å². The van der Waals surface area contributed by atoms with Gasteiger partial charge in [0.25, 0.3) is 0 Å². The zero-order valence-electron chi connectivity index (χ0n) is 10.8. The van der Waals surface area contributed by atoms with Gasteiger partial charge in [-0.1, -0.05) is 46.5 Å². The van der Waals surface area contributed by atoms with Crippen molar-refractivity contribution in [2.75, 3.05) is 0 Å². The minimum Gasteiger partial charge on any atom is -0.353 e. The quantitative estimate of drug-likeness (QED) is 0.518. The summed E-state index contributed by atoms with van der Waals surface area (Å²) in [5.41, 5.74) is 1.78. The number of nitrogens with one attached hydrogen (secondary N) is 1. The van der Waals surface area contributed by atoms with Crippen LogP contribution < -0.4 is 0 Å². The van der Waals surface area contributed by atoms with Crippen LogP contribution in [0.5, 0.6) is 0 Å². The first kappa shape index (κ1) is 14.1. The Kier molecular flexibility index (Phi) is 5.87. The number of hydrogen-bond acceptors (Lipinski definition) is 0. The summed E-state index contributed by atoms with van der Waals surface area (Å²) in [4.78, 5) is 3.52. The second kappa shape index (κ2) is 6.67. The first-order valence-electron chi connectivity index (χ1n) is 6.47. The monoisotopic (exact) mass is 333 g/mol. The predicted octanol–water partition coefficient (Wildman–Crippen LogP) is 5.26. The van der Waals surface area contributed by atoms with Crippen LogP contribution in [-0.2, 0) is 5.41 Å². The van der Waals surface area contributed by atoms with Crippen molar-refractivity contribution in [3.05, 3.63) is 21.5 Å². The molecule has 1 rings (SSSR count). The van der Waals surface area contributed by atoms with Crippen molar-refractivity contribution in [3.63, 3.8) is 0 Å². The van der Waals surface area contributed by atoms with E-state index in [-0.39, 0.29) is 0 Å². The van der Waals surface area contributed by atoms with Gasteiger partial charge < -0.3 is 4.98 Å². The SMILES string of the molecule is CCCCCC(C)(CCC)c1ccc(I)[nH]1. The normalized spacial score (nSPS) is 15.0. The Morgan fingerprint density at radius 1 is 1.12 bits per heavy atom. The van der Waals surface area contributed by atoms with Crippen LogP contribution in [0.3, 0.4) is 0 Å². The van der Waals surface area contributed by atoms with Gasteiger partial charge in [-0.2, -0.15) is 0 Å². The number of aromatic nitrogens is 1. The van der Waals surface area contributed by atoms with E-state index in [1.54, 1.807) is 0 Å². The largest absolute Gasteiger partial charge is 0.353 e. The van der Waals surface area contributed by atoms with E-state index in [1.807, 2.05) is 0 Å². The Hall–Kier alpha value is 0.01000. The van der Waals surface area contributed by atoms with Crippen LogP contribution in [0.25, 0.3) is 0 Å². The fraction of sp³-hybridized carbons (Fsp3) is 0.714. The van der Waals surface area contributed by atoms with Crippen molar-refractivity contribution in [1.82, 2.24) is 4.98 Å². The fourth-order valence-corrected chi connectivity index (χ4v) is 2.90. The van der Waals surface area contributed by atoms with E-state index < -0.39 is 0 Å². The highest BCUT2D eigenvalue weighted by Crippen LogP contribution is 2.34. The molecular weight excluding hydrogens is 309 g/mol. The zero-order chi connectivity index (χ0) is 12.0. The molecule has 0 aliphatic rings. The molecule has 0 spiro atoms. The van der Waals surface area contributed by atoms with E-state index >= 15 is 0 Å². The highest BCUT2D eigenvalue weighted by atomic mass is 127. The first-order chi connectivity index (χ1) is 7.62. The lowest BCUT2D eigenvalue weighted by molar-refractivity contribution is 0.370. The summed E-state index contributed by atoms with van der Waals surface area (Å²) in [7, 11) is 0. The number of hydrogen-bond donors (Lipinski definition) is 1. The summed E-state index contributed by atoms with van der Waals surface area (Å²) in [5.74, 6) is 0. The summed E-state index contributed by atoms with van der Waals surface area (Å²) >= 11 is 2.36. The molecule has 1 nitrogen and oxygen atoms in total. The average molecular weight is 333 g/mol. The summed E-state index contributed by atoms with van der Waals surface area (Å²) in [6.45, 7) is 6.97. The molecule has 1 aromatic rings. The summed E-state index contributed by atoms with van der Waals surface area (Å²) in [5, 5.41) is 0. The maximum absolute atomic E-state index is 3.52. The molecule has 1 heterocycles. The topological polar surface area (TPSA) is 15.8 Å². The standard InChI is InChI=1S/C14H24IN/c1-4-6-7-11-14(3,10-5-2)12-8-9-13(15)16-12/h8-9,16H,4-7,10-11H2,1-3H3. The lowest BCUT2D eigenvalue weighted by Crippen LogP contribution is -2.22. The van der Waals surface area contributed by atoms with Gasteiger partial charge in [0.15, 0.2) is 0 Å². The molecule has 0 aliphatic heterocycles. The van der Waals surface area contributed by atoms with Gasteiger partial charge >= 0.3 is 0 Å². The van der Waals surface area contributed by atoms with E-state index in [4.69, 9.17) is 0 Å². The first-order valence-corrected chi connectivity index (χ1v) is 7.55. The van der Waals surface area contributed by atoms with Gasteiger partial charge in [0, 0.05) is 11.1 Å². The lowest BCUT2D eigenvalue weighted by atomic mass is 9.78. The molecule has 2 heteroatoms. The second-order valence-electron chi connectivity index (χ2n) is 4.99. The smallest absolute Gasteiger partial charge is 0.0774 e. The molecule has 1 aromatic heterocycles.